The molecule has 248 valence electrons. The molecule has 0 unspecified atom stereocenters. The lowest BCUT2D eigenvalue weighted by Gasteiger charge is -2.43. The normalized spacial score (nSPS) is 13.3. The molecular formula is C49H36N2S. The largest absolute Gasteiger partial charge is 0.310 e. The van der Waals surface area contributed by atoms with E-state index in [0.29, 0.717) is 0 Å². The smallest absolute Gasteiger partial charge is 0.0619 e. The Kier molecular flexibility index (Phi) is 7.06. The van der Waals surface area contributed by atoms with Crippen LogP contribution in [0.4, 0.5) is 34.1 Å². The predicted molar refractivity (Wildman–Crippen MR) is 224 cm³/mol. The summed E-state index contributed by atoms with van der Waals surface area (Å²) in [6.45, 7) is 4.74. The van der Waals surface area contributed by atoms with Crippen molar-refractivity contribution in [1.82, 2.24) is 0 Å². The molecule has 0 saturated carbocycles. The molecule has 0 radical (unpaired) electrons. The fraction of sp³-hybridized carbons (Fsp3) is 0.0612. The zero-order valence-corrected chi connectivity index (χ0v) is 29.9. The van der Waals surface area contributed by atoms with E-state index < -0.39 is 0 Å². The molecule has 3 heteroatoms. The van der Waals surface area contributed by atoms with Crippen molar-refractivity contribution in [1.29, 1.82) is 0 Å². The second-order valence-corrected chi connectivity index (χ2v) is 15.2. The number of anilines is 6. The Balaban J connectivity index is 1.30. The summed E-state index contributed by atoms with van der Waals surface area (Å²) in [6, 6.07) is 66.6. The Bertz CT molecular complexity index is 2740. The van der Waals surface area contributed by atoms with E-state index in [1.54, 1.807) is 0 Å². The lowest BCUT2D eigenvalue weighted by atomic mass is 9.73. The number of hydrogen-bond donors (Lipinski definition) is 0. The topological polar surface area (TPSA) is 6.48 Å². The molecule has 2 nitrogen and oxygen atoms in total. The summed E-state index contributed by atoms with van der Waals surface area (Å²) < 4.78 is 2.63. The van der Waals surface area contributed by atoms with Crippen LogP contribution in [0.1, 0.15) is 25.0 Å². The first-order valence-electron chi connectivity index (χ1n) is 17.9. The second kappa shape index (κ2) is 12.0. The van der Waals surface area contributed by atoms with Crippen molar-refractivity contribution in [2.24, 2.45) is 0 Å². The van der Waals surface area contributed by atoms with Gasteiger partial charge in [0.25, 0.3) is 0 Å². The minimum absolute atomic E-state index is 0.221. The quantitative estimate of drug-likeness (QED) is 0.178. The Labute approximate surface area is 308 Å². The van der Waals surface area contributed by atoms with E-state index in [-0.39, 0.29) is 5.41 Å². The van der Waals surface area contributed by atoms with E-state index in [4.69, 9.17) is 0 Å². The third-order valence-electron chi connectivity index (χ3n) is 10.8. The predicted octanol–water partition coefficient (Wildman–Crippen LogP) is 14.5. The number of nitrogens with zero attached hydrogens (tertiary/aromatic N) is 2. The summed E-state index contributed by atoms with van der Waals surface area (Å²) in [5, 5.41) is 5.07. The van der Waals surface area contributed by atoms with Crippen LogP contribution in [0.5, 0.6) is 0 Å². The average molecular weight is 685 g/mol. The van der Waals surface area contributed by atoms with Gasteiger partial charge in [0.2, 0.25) is 0 Å². The average Bonchev–Trinajstić information content (AvgIpc) is 3.58. The van der Waals surface area contributed by atoms with Gasteiger partial charge in [0.05, 0.1) is 17.1 Å². The molecule has 9 aromatic rings. The van der Waals surface area contributed by atoms with Crippen LogP contribution in [0.25, 0.3) is 42.1 Å². The van der Waals surface area contributed by atoms with Gasteiger partial charge in [-0.2, -0.15) is 0 Å². The van der Waals surface area contributed by atoms with E-state index >= 15 is 0 Å². The summed E-state index contributed by atoms with van der Waals surface area (Å²) in [5.41, 5.74) is 11.9. The van der Waals surface area contributed by atoms with Crippen LogP contribution in [-0.2, 0) is 5.41 Å². The molecule has 0 spiro atoms. The van der Waals surface area contributed by atoms with Crippen molar-refractivity contribution < 1.29 is 0 Å². The Morgan fingerprint density at radius 1 is 0.462 bits per heavy atom. The van der Waals surface area contributed by atoms with Crippen molar-refractivity contribution in [3.8, 4) is 11.1 Å². The lowest BCUT2D eigenvalue weighted by Crippen LogP contribution is -2.31. The molecule has 8 aromatic carbocycles. The first-order valence-corrected chi connectivity index (χ1v) is 18.8. The number of thiophene rings is 1. The summed E-state index contributed by atoms with van der Waals surface area (Å²) in [4.78, 5) is 4.94. The van der Waals surface area contributed by atoms with Crippen LogP contribution in [-0.4, -0.2) is 0 Å². The molecule has 0 bridgehead atoms. The third kappa shape index (κ3) is 4.70. The van der Waals surface area contributed by atoms with Crippen molar-refractivity contribution in [2.45, 2.75) is 19.3 Å². The van der Waals surface area contributed by atoms with Crippen LogP contribution < -0.4 is 9.80 Å². The highest BCUT2D eigenvalue weighted by Gasteiger charge is 2.38. The second-order valence-electron chi connectivity index (χ2n) is 14.1. The minimum Gasteiger partial charge on any atom is -0.310 e. The van der Waals surface area contributed by atoms with E-state index in [2.05, 4.69) is 206 Å². The van der Waals surface area contributed by atoms with Crippen LogP contribution in [0.3, 0.4) is 0 Å². The zero-order valence-electron chi connectivity index (χ0n) is 29.1. The highest BCUT2D eigenvalue weighted by molar-refractivity contribution is 7.26. The van der Waals surface area contributed by atoms with E-state index in [1.807, 2.05) is 11.3 Å². The highest BCUT2D eigenvalue weighted by atomic mass is 32.1. The van der Waals surface area contributed by atoms with E-state index in [1.165, 1.54) is 70.3 Å². The monoisotopic (exact) mass is 684 g/mol. The molecule has 0 fully saturated rings. The summed E-state index contributed by atoms with van der Waals surface area (Å²) >= 11 is 1.89. The van der Waals surface area contributed by atoms with Crippen LogP contribution in [0.2, 0.25) is 0 Å². The molecule has 52 heavy (non-hydrogen) atoms. The summed E-state index contributed by atoms with van der Waals surface area (Å²) in [6.07, 6.45) is 0. The summed E-state index contributed by atoms with van der Waals surface area (Å²) in [5.74, 6) is 0. The fourth-order valence-corrected chi connectivity index (χ4v) is 9.59. The number of para-hydroxylation sites is 3. The molecule has 0 amide bonds. The van der Waals surface area contributed by atoms with E-state index in [9.17, 15) is 0 Å². The fourth-order valence-electron chi connectivity index (χ4n) is 8.36. The molecule has 1 aromatic heterocycles. The molecule has 0 aliphatic carbocycles. The Hall–Kier alpha value is -6.16. The maximum Gasteiger partial charge on any atom is 0.0619 e. The number of fused-ring (bicyclic) bond motifs is 6. The molecule has 0 atom stereocenters. The number of benzene rings is 8. The van der Waals surface area contributed by atoms with Gasteiger partial charge in [0, 0.05) is 59.2 Å². The van der Waals surface area contributed by atoms with Gasteiger partial charge < -0.3 is 9.80 Å². The Morgan fingerprint density at radius 3 is 1.88 bits per heavy atom. The molecule has 1 aliphatic rings. The lowest BCUT2D eigenvalue weighted by molar-refractivity contribution is 0.632. The molecule has 0 N–H and O–H groups in total. The number of rotatable bonds is 5. The van der Waals surface area contributed by atoms with Gasteiger partial charge >= 0.3 is 0 Å². The van der Waals surface area contributed by atoms with E-state index in [0.717, 1.165) is 17.1 Å². The first-order chi connectivity index (χ1) is 25.6. The van der Waals surface area contributed by atoms with Crippen molar-refractivity contribution in [3.63, 3.8) is 0 Å². The van der Waals surface area contributed by atoms with Gasteiger partial charge in [0.15, 0.2) is 0 Å². The molecule has 0 saturated heterocycles. The SMILES string of the molecule is CC1(C)c2ccccc2N(c2c(-c3cccc4c3sc3ccccc34)ccc3ccccc23)c2cc(N(c3ccccc3)c3ccccc3)ccc21. The Morgan fingerprint density at radius 2 is 1.10 bits per heavy atom. The van der Waals surface area contributed by atoms with Crippen LogP contribution in [0.15, 0.2) is 182 Å². The minimum atomic E-state index is -0.221. The van der Waals surface area contributed by atoms with Gasteiger partial charge in [0.1, 0.15) is 0 Å². The molecule has 1 aliphatic heterocycles. The van der Waals surface area contributed by atoms with Crippen molar-refractivity contribution in [2.75, 3.05) is 9.80 Å². The number of hydrogen-bond acceptors (Lipinski definition) is 3. The molecular weight excluding hydrogens is 649 g/mol. The molecule has 2 heterocycles. The van der Waals surface area contributed by atoms with Gasteiger partial charge in [-0.05, 0) is 65.0 Å². The standard InChI is InChI=1S/C49H36N2S/c1-49(2)42-25-12-13-26-44(42)51(45-32-36(29-31-43(45)49)50(34-17-5-3-6-18-34)35-19-7-4-8-20-35)47-37-21-10-9-16-33(37)28-30-39(47)41-24-15-23-40-38-22-11-14-27-46(38)52-48(40)41/h3-32H,1-2H3. The van der Waals surface area contributed by atoms with Gasteiger partial charge in [-0.3, -0.25) is 0 Å². The van der Waals surface area contributed by atoms with Crippen LogP contribution >= 0.6 is 11.3 Å². The molecule has 10 rings (SSSR count). The first kappa shape index (κ1) is 30.6. The summed E-state index contributed by atoms with van der Waals surface area (Å²) in [7, 11) is 0. The highest BCUT2D eigenvalue weighted by Crippen LogP contribution is 2.57. The van der Waals surface area contributed by atoms with Crippen molar-refractivity contribution >= 4 is 76.4 Å². The van der Waals surface area contributed by atoms with Gasteiger partial charge in [-0.1, -0.05) is 147 Å². The van der Waals surface area contributed by atoms with Crippen LogP contribution in [0, 0.1) is 0 Å². The maximum absolute atomic E-state index is 2.57. The van der Waals surface area contributed by atoms with Crippen molar-refractivity contribution in [3.05, 3.63) is 193 Å². The van der Waals surface area contributed by atoms with Gasteiger partial charge in [-0.25, -0.2) is 0 Å². The third-order valence-corrected chi connectivity index (χ3v) is 12.0. The maximum atomic E-state index is 2.57. The zero-order chi connectivity index (χ0) is 34.8. The van der Waals surface area contributed by atoms with Gasteiger partial charge in [-0.15, -0.1) is 11.3 Å².